The second-order valence-corrected chi connectivity index (χ2v) is 9.65. The summed E-state index contributed by atoms with van der Waals surface area (Å²) in [6, 6.07) is 19.7. The van der Waals surface area contributed by atoms with E-state index in [1.165, 1.54) is 0 Å². The number of imidazole rings is 1. The third-order valence-corrected chi connectivity index (χ3v) is 6.86. The maximum Gasteiger partial charge on any atom is 0.251 e. The summed E-state index contributed by atoms with van der Waals surface area (Å²) in [5, 5.41) is 12.2. The van der Waals surface area contributed by atoms with E-state index in [0.29, 0.717) is 17.7 Å². The van der Waals surface area contributed by atoms with Crippen LogP contribution in [0.25, 0.3) is 28.0 Å². The number of hydrogen-bond acceptors (Lipinski definition) is 5. The van der Waals surface area contributed by atoms with Crippen molar-refractivity contribution in [3.05, 3.63) is 83.7 Å². The van der Waals surface area contributed by atoms with Crippen molar-refractivity contribution in [2.45, 2.75) is 19.8 Å². The maximum absolute atomic E-state index is 12.7. The predicted molar refractivity (Wildman–Crippen MR) is 144 cm³/mol. The van der Waals surface area contributed by atoms with E-state index in [4.69, 9.17) is 15.0 Å². The fraction of sp³-hybridized carbons (Fsp3) is 0.300. The van der Waals surface area contributed by atoms with Crippen LogP contribution in [-0.2, 0) is 4.74 Å². The third kappa shape index (κ3) is 5.41. The molecule has 1 saturated heterocycles. The van der Waals surface area contributed by atoms with Crippen LogP contribution in [0.4, 0.5) is 0 Å². The minimum atomic E-state index is -0.0594. The average Bonchev–Trinajstić information content (AvgIpc) is 3.37. The number of amides is 1. The topological polar surface area (TPSA) is 82.7 Å². The van der Waals surface area contributed by atoms with Crippen molar-refractivity contribution in [3.8, 4) is 28.5 Å². The van der Waals surface area contributed by atoms with Crippen LogP contribution in [0, 0.1) is 11.3 Å². The molecule has 1 aliphatic rings. The number of ether oxygens (including phenoxy) is 1. The van der Waals surface area contributed by atoms with Gasteiger partial charge in [0.2, 0.25) is 0 Å². The van der Waals surface area contributed by atoms with Gasteiger partial charge >= 0.3 is 0 Å². The van der Waals surface area contributed by atoms with E-state index in [2.05, 4.69) is 46.8 Å². The highest BCUT2D eigenvalue weighted by Gasteiger charge is 2.15. The highest BCUT2D eigenvalue weighted by Crippen LogP contribution is 2.31. The van der Waals surface area contributed by atoms with Crippen LogP contribution in [0.5, 0.6) is 0 Å². The first-order valence-corrected chi connectivity index (χ1v) is 12.7. The number of fused-ring (bicyclic) bond motifs is 1. The van der Waals surface area contributed by atoms with Gasteiger partial charge < -0.3 is 10.1 Å². The summed E-state index contributed by atoms with van der Waals surface area (Å²) in [4.78, 5) is 19.7. The number of carbonyl (C=O) groups excluding carboxylic acids is 1. The van der Waals surface area contributed by atoms with Gasteiger partial charge in [-0.2, -0.15) is 5.26 Å². The van der Waals surface area contributed by atoms with Gasteiger partial charge in [0.05, 0.1) is 36.7 Å². The molecule has 7 heteroatoms. The average molecular weight is 494 g/mol. The van der Waals surface area contributed by atoms with Crippen LogP contribution in [0.2, 0.25) is 0 Å². The van der Waals surface area contributed by atoms with Gasteiger partial charge in [0.25, 0.3) is 5.91 Å². The lowest BCUT2D eigenvalue weighted by Gasteiger charge is -2.26. The molecule has 3 heterocycles. The molecule has 37 heavy (non-hydrogen) atoms. The molecule has 1 aliphatic heterocycles. The SMILES string of the molecule is CC(C)c1cc(-c2ccc(C(=O)NCCN3CCOCC3)cc2)cn2c(-c3ccc(C#N)cc3)cnc12. The summed E-state index contributed by atoms with van der Waals surface area (Å²) in [6.45, 7) is 9.13. The number of nitrogens with one attached hydrogen (secondary N) is 1. The molecule has 0 aliphatic carbocycles. The second-order valence-electron chi connectivity index (χ2n) is 9.65. The number of rotatable bonds is 7. The van der Waals surface area contributed by atoms with Crippen LogP contribution < -0.4 is 5.32 Å². The minimum Gasteiger partial charge on any atom is -0.379 e. The highest BCUT2D eigenvalue weighted by molar-refractivity contribution is 5.94. The van der Waals surface area contributed by atoms with Gasteiger partial charge in [-0.05, 0) is 52.9 Å². The molecule has 2 aromatic heterocycles. The lowest BCUT2D eigenvalue weighted by molar-refractivity contribution is 0.0383. The molecule has 2 aromatic carbocycles. The summed E-state index contributed by atoms with van der Waals surface area (Å²) >= 11 is 0. The fourth-order valence-electron chi connectivity index (χ4n) is 4.69. The monoisotopic (exact) mass is 493 g/mol. The molecule has 0 radical (unpaired) electrons. The zero-order chi connectivity index (χ0) is 25.8. The van der Waals surface area contributed by atoms with Crippen LogP contribution in [-0.4, -0.2) is 59.6 Å². The summed E-state index contributed by atoms with van der Waals surface area (Å²) in [7, 11) is 0. The molecule has 0 spiro atoms. The van der Waals surface area contributed by atoms with Crippen molar-refractivity contribution in [2.24, 2.45) is 0 Å². The number of hydrogen-bond donors (Lipinski definition) is 1. The smallest absolute Gasteiger partial charge is 0.251 e. The Morgan fingerprint density at radius 2 is 1.76 bits per heavy atom. The normalized spacial score (nSPS) is 14.1. The Hall–Kier alpha value is -3.99. The molecule has 5 rings (SSSR count). The number of pyridine rings is 1. The van der Waals surface area contributed by atoms with E-state index in [9.17, 15) is 4.79 Å². The van der Waals surface area contributed by atoms with Crippen molar-refractivity contribution in [2.75, 3.05) is 39.4 Å². The zero-order valence-corrected chi connectivity index (χ0v) is 21.3. The van der Waals surface area contributed by atoms with Crippen LogP contribution in [0.3, 0.4) is 0 Å². The van der Waals surface area contributed by atoms with Crippen LogP contribution in [0.1, 0.15) is 41.3 Å². The van der Waals surface area contributed by atoms with Crippen molar-refractivity contribution >= 4 is 11.6 Å². The zero-order valence-electron chi connectivity index (χ0n) is 21.3. The van der Waals surface area contributed by atoms with Crippen molar-refractivity contribution in [1.29, 1.82) is 5.26 Å². The molecular formula is C30H31N5O2. The highest BCUT2D eigenvalue weighted by atomic mass is 16.5. The minimum absolute atomic E-state index is 0.0594. The van der Waals surface area contributed by atoms with E-state index >= 15 is 0 Å². The Labute approximate surface area is 217 Å². The van der Waals surface area contributed by atoms with E-state index in [1.54, 1.807) is 0 Å². The summed E-state index contributed by atoms with van der Waals surface area (Å²) in [6.07, 6.45) is 3.98. The summed E-state index contributed by atoms with van der Waals surface area (Å²) in [5.41, 5.74) is 7.43. The number of aromatic nitrogens is 2. The fourth-order valence-corrected chi connectivity index (χ4v) is 4.69. The number of nitriles is 1. The molecule has 1 amide bonds. The van der Waals surface area contributed by atoms with E-state index < -0.39 is 0 Å². The predicted octanol–water partition coefficient (Wildman–Crippen LogP) is 4.73. The van der Waals surface area contributed by atoms with Gasteiger partial charge in [0.1, 0.15) is 5.65 Å². The molecule has 0 bridgehead atoms. The lowest BCUT2D eigenvalue weighted by atomic mass is 9.98. The number of carbonyl (C=O) groups is 1. The molecule has 1 N–H and O–H groups in total. The van der Waals surface area contributed by atoms with Crippen molar-refractivity contribution in [3.63, 3.8) is 0 Å². The number of benzene rings is 2. The Morgan fingerprint density at radius 1 is 1.05 bits per heavy atom. The Bertz CT molecular complexity index is 1430. The molecule has 0 saturated carbocycles. The maximum atomic E-state index is 12.7. The van der Waals surface area contributed by atoms with Crippen LogP contribution >= 0.6 is 0 Å². The van der Waals surface area contributed by atoms with E-state index in [1.807, 2.05) is 54.7 Å². The van der Waals surface area contributed by atoms with E-state index in [-0.39, 0.29) is 11.8 Å². The second kappa shape index (κ2) is 11.0. The third-order valence-electron chi connectivity index (χ3n) is 6.86. The number of nitrogens with zero attached hydrogens (tertiary/aromatic N) is 4. The molecular weight excluding hydrogens is 462 g/mol. The Balaban J connectivity index is 1.38. The molecule has 188 valence electrons. The molecule has 0 unspecified atom stereocenters. The van der Waals surface area contributed by atoms with Gasteiger partial charge in [-0.15, -0.1) is 0 Å². The Kier molecular flexibility index (Phi) is 7.31. The van der Waals surface area contributed by atoms with Gasteiger partial charge in [0, 0.05) is 43.5 Å². The molecule has 1 fully saturated rings. The standard InChI is InChI=1S/C30H31N5O2/c1-21(2)27-17-26(20-35-28(19-33-29(27)35)24-5-3-22(18-31)4-6-24)23-7-9-25(10-8-23)30(36)32-11-12-34-13-15-37-16-14-34/h3-10,17,19-21H,11-16H2,1-2H3,(H,32,36). The lowest BCUT2D eigenvalue weighted by Crippen LogP contribution is -2.41. The van der Waals surface area contributed by atoms with Gasteiger partial charge in [0.15, 0.2) is 0 Å². The van der Waals surface area contributed by atoms with Crippen LogP contribution in [0.15, 0.2) is 67.0 Å². The summed E-state index contributed by atoms with van der Waals surface area (Å²) in [5.74, 6) is 0.228. The molecule has 4 aromatic rings. The van der Waals surface area contributed by atoms with E-state index in [0.717, 1.165) is 66.4 Å². The number of morpholine rings is 1. The Morgan fingerprint density at radius 3 is 2.43 bits per heavy atom. The van der Waals surface area contributed by atoms with Gasteiger partial charge in [-0.1, -0.05) is 38.1 Å². The van der Waals surface area contributed by atoms with Gasteiger partial charge in [-0.3, -0.25) is 14.1 Å². The first kappa shape index (κ1) is 24.7. The largest absolute Gasteiger partial charge is 0.379 e. The molecule has 7 nitrogen and oxygen atoms in total. The van der Waals surface area contributed by atoms with Crippen molar-refractivity contribution < 1.29 is 9.53 Å². The first-order valence-electron chi connectivity index (χ1n) is 12.7. The first-order chi connectivity index (χ1) is 18.0. The quantitative estimate of drug-likeness (QED) is 0.403. The van der Waals surface area contributed by atoms with Gasteiger partial charge in [-0.25, -0.2) is 4.98 Å². The van der Waals surface area contributed by atoms with Crippen molar-refractivity contribution in [1.82, 2.24) is 19.6 Å². The molecule has 0 atom stereocenters. The summed E-state index contributed by atoms with van der Waals surface area (Å²) < 4.78 is 7.50.